The smallest absolute Gasteiger partial charge is 0.307 e. The maximum Gasteiger partial charge on any atom is 0.307 e. The van der Waals surface area contributed by atoms with Crippen LogP contribution in [0.5, 0.6) is 0 Å². The number of ether oxygens (including phenoxy) is 1. The molecule has 1 aromatic heterocycles. The van der Waals surface area contributed by atoms with Gasteiger partial charge in [0, 0.05) is 20.8 Å². The van der Waals surface area contributed by atoms with E-state index < -0.39 is 0 Å². The SMILES string of the molecule is COC(=O)C[C@@H](N)c1cc(Br)cs1. The number of carbonyl (C=O) groups is 1. The highest BCUT2D eigenvalue weighted by molar-refractivity contribution is 9.10. The third-order valence-electron chi connectivity index (χ3n) is 1.57. The van der Waals surface area contributed by atoms with Crippen molar-refractivity contribution in [1.29, 1.82) is 0 Å². The number of nitrogens with two attached hydrogens (primary N) is 1. The summed E-state index contributed by atoms with van der Waals surface area (Å²) in [6, 6.07) is 1.65. The van der Waals surface area contributed by atoms with Gasteiger partial charge in [-0.2, -0.15) is 0 Å². The Kier molecular flexibility index (Phi) is 3.90. The van der Waals surface area contributed by atoms with E-state index in [1.54, 1.807) is 0 Å². The molecule has 0 amide bonds. The van der Waals surface area contributed by atoms with Gasteiger partial charge in [0.15, 0.2) is 0 Å². The fourth-order valence-corrected chi connectivity index (χ4v) is 2.33. The van der Waals surface area contributed by atoms with E-state index in [4.69, 9.17) is 5.73 Å². The number of halogens is 1. The molecule has 0 aliphatic rings. The first kappa shape index (κ1) is 10.7. The van der Waals surface area contributed by atoms with E-state index >= 15 is 0 Å². The highest BCUT2D eigenvalue weighted by Crippen LogP contribution is 2.25. The molecule has 1 atom stereocenters. The van der Waals surface area contributed by atoms with Gasteiger partial charge in [0.2, 0.25) is 0 Å². The van der Waals surface area contributed by atoms with Crippen molar-refractivity contribution in [2.45, 2.75) is 12.5 Å². The van der Waals surface area contributed by atoms with E-state index in [1.165, 1.54) is 18.4 Å². The molecule has 0 spiro atoms. The van der Waals surface area contributed by atoms with Crippen LogP contribution in [-0.2, 0) is 9.53 Å². The van der Waals surface area contributed by atoms with Crippen molar-refractivity contribution in [3.63, 3.8) is 0 Å². The molecular formula is C8H10BrNO2S. The third kappa shape index (κ3) is 3.10. The molecule has 5 heteroatoms. The number of hydrogen-bond donors (Lipinski definition) is 1. The summed E-state index contributed by atoms with van der Waals surface area (Å²) < 4.78 is 5.52. The van der Waals surface area contributed by atoms with E-state index in [0.29, 0.717) is 0 Å². The number of rotatable bonds is 3. The number of carbonyl (C=O) groups excluding carboxylic acids is 1. The number of thiophene rings is 1. The third-order valence-corrected chi connectivity index (χ3v) is 3.39. The zero-order valence-electron chi connectivity index (χ0n) is 7.12. The number of esters is 1. The molecular weight excluding hydrogens is 254 g/mol. The van der Waals surface area contributed by atoms with Gasteiger partial charge in [0.05, 0.1) is 13.5 Å². The van der Waals surface area contributed by atoms with E-state index in [2.05, 4.69) is 20.7 Å². The molecule has 1 heterocycles. The number of methoxy groups -OCH3 is 1. The largest absolute Gasteiger partial charge is 0.469 e. The van der Waals surface area contributed by atoms with Crippen molar-refractivity contribution in [1.82, 2.24) is 0 Å². The normalized spacial score (nSPS) is 12.5. The minimum Gasteiger partial charge on any atom is -0.469 e. The first-order chi connectivity index (χ1) is 6.13. The van der Waals surface area contributed by atoms with Crippen LogP contribution in [0.3, 0.4) is 0 Å². The summed E-state index contributed by atoms with van der Waals surface area (Å²) in [6.07, 6.45) is 0.226. The summed E-state index contributed by atoms with van der Waals surface area (Å²) in [5.74, 6) is -0.281. The second kappa shape index (κ2) is 4.74. The molecule has 3 nitrogen and oxygen atoms in total. The Labute approximate surface area is 89.0 Å². The van der Waals surface area contributed by atoms with E-state index in [-0.39, 0.29) is 18.4 Å². The first-order valence-electron chi connectivity index (χ1n) is 3.70. The molecule has 0 aliphatic heterocycles. The Morgan fingerprint density at radius 1 is 1.85 bits per heavy atom. The number of hydrogen-bond acceptors (Lipinski definition) is 4. The Morgan fingerprint density at radius 2 is 2.54 bits per heavy atom. The average molecular weight is 264 g/mol. The summed E-state index contributed by atoms with van der Waals surface area (Å²) in [7, 11) is 1.36. The van der Waals surface area contributed by atoms with Gasteiger partial charge in [0.25, 0.3) is 0 Å². The van der Waals surface area contributed by atoms with Gasteiger partial charge in [-0.25, -0.2) is 0 Å². The molecule has 72 valence electrons. The molecule has 0 radical (unpaired) electrons. The van der Waals surface area contributed by atoms with Gasteiger partial charge in [-0.1, -0.05) is 0 Å². The van der Waals surface area contributed by atoms with Gasteiger partial charge in [-0.3, -0.25) is 4.79 Å². The van der Waals surface area contributed by atoms with Crippen LogP contribution < -0.4 is 5.73 Å². The van der Waals surface area contributed by atoms with Crippen LogP contribution in [0.25, 0.3) is 0 Å². The Hall–Kier alpha value is -0.390. The second-order valence-electron chi connectivity index (χ2n) is 2.55. The highest BCUT2D eigenvalue weighted by atomic mass is 79.9. The summed E-state index contributed by atoms with van der Waals surface area (Å²) in [5, 5.41) is 1.94. The predicted molar refractivity (Wildman–Crippen MR) is 55.6 cm³/mol. The Balaban J connectivity index is 2.58. The zero-order valence-corrected chi connectivity index (χ0v) is 9.52. The lowest BCUT2D eigenvalue weighted by atomic mass is 10.2. The molecule has 1 aromatic rings. The quantitative estimate of drug-likeness (QED) is 0.850. The Bertz CT molecular complexity index is 300. The van der Waals surface area contributed by atoms with Crippen LogP contribution in [0.15, 0.2) is 15.9 Å². The molecule has 0 bridgehead atoms. The molecule has 13 heavy (non-hydrogen) atoms. The topological polar surface area (TPSA) is 52.3 Å². The molecule has 0 saturated heterocycles. The second-order valence-corrected chi connectivity index (χ2v) is 4.41. The summed E-state index contributed by atoms with van der Waals surface area (Å²) >= 11 is 4.85. The average Bonchev–Trinajstić information content (AvgIpc) is 2.51. The van der Waals surface area contributed by atoms with Crippen LogP contribution in [-0.4, -0.2) is 13.1 Å². The predicted octanol–water partition coefficient (Wildman–Crippen LogP) is 2.07. The monoisotopic (exact) mass is 263 g/mol. The zero-order chi connectivity index (χ0) is 9.84. The van der Waals surface area contributed by atoms with Crippen LogP contribution in [0, 0.1) is 0 Å². The van der Waals surface area contributed by atoms with Gasteiger partial charge in [0.1, 0.15) is 0 Å². The van der Waals surface area contributed by atoms with E-state index in [0.717, 1.165) is 9.35 Å². The highest BCUT2D eigenvalue weighted by Gasteiger charge is 2.13. The lowest BCUT2D eigenvalue weighted by Gasteiger charge is -2.06. The van der Waals surface area contributed by atoms with Crippen molar-refractivity contribution in [2.75, 3.05) is 7.11 Å². The lowest BCUT2D eigenvalue weighted by Crippen LogP contribution is -2.15. The van der Waals surface area contributed by atoms with Crippen molar-refractivity contribution in [2.24, 2.45) is 5.73 Å². The van der Waals surface area contributed by atoms with Crippen LogP contribution in [0.4, 0.5) is 0 Å². The Morgan fingerprint density at radius 3 is 3.00 bits per heavy atom. The minimum absolute atomic E-state index is 0.226. The lowest BCUT2D eigenvalue weighted by molar-refractivity contribution is -0.141. The standard InChI is InChI=1S/C8H10BrNO2S/c1-12-8(11)3-6(10)7-2-5(9)4-13-7/h2,4,6H,3,10H2,1H3/t6-/m1/s1. The fourth-order valence-electron chi connectivity index (χ4n) is 0.886. The van der Waals surface area contributed by atoms with Crippen LogP contribution >= 0.6 is 27.3 Å². The maximum absolute atomic E-state index is 10.9. The van der Waals surface area contributed by atoms with Gasteiger partial charge in [-0.05, 0) is 22.0 Å². The summed E-state index contributed by atoms with van der Waals surface area (Å²) in [6.45, 7) is 0. The molecule has 0 aliphatic carbocycles. The van der Waals surface area contributed by atoms with Crippen molar-refractivity contribution in [3.8, 4) is 0 Å². The van der Waals surface area contributed by atoms with Crippen molar-refractivity contribution < 1.29 is 9.53 Å². The van der Waals surface area contributed by atoms with Crippen molar-refractivity contribution in [3.05, 3.63) is 20.8 Å². The van der Waals surface area contributed by atoms with Gasteiger partial charge < -0.3 is 10.5 Å². The molecule has 1 rings (SSSR count). The van der Waals surface area contributed by atoms with Crippen LogP contribution in [0.1, 0.15) is 17.3 Å². The first-order valence-corrected chi connectivity index (χ1v) is 5.37. The molecule has 2 N–H and O–H groups in total. The molecule has 0 unspecified atom stereocenters. The maximum atomic E-state index is 10.9. The van der Waals surface area contributed by atoms with Crippen molar-refractivity contribution >= 4 is 33.2 Å². The molecule has 0 saturated carbocycles. The molecule has 0 fully saturated rings. The summed E-state index contributed by atoms with van der Waals surface area (Å²) in [5.41, 5.74) is 5.77. The van der Waals surface area contributed by atoms with Gasteiger partial charge >= 0.3 is 5.97 Å². The minimum atomic E-state index is -0.281. The molecule has 0 aromatic carbocycles. The van der Waals surface area contributed by atoms with Gasteiger partial charge in [-0.15, -0.1) is 11.3 Å². The van der Waals surface area contributed by atoms with E-state index in [1.807, 2.05) is 11.4 Å². The van der Waals surface area contributed by atoms with E-state index in [9.17, 15) is 4.79 Å². The fraction of sp³-hybridized carbons (Fsp3) is 0.375. The summed E-state index contributed by atoms with van der Waals surface area (Å²) in [4.78, 5) is 11.9. The van der Waals surface area contributed by atoms with Crippen LogP contribution in [0.2, 0.25) is 0 Å².